The van der Waals surface area contributed by atoms with Gasteiger partial charge in [0.25, 0.3) is 0 Å². The maximum atomic E-state index is 5.87. The van der Waals surface area contributed by atoms with E-state index in [2.05, 4.69) is 39.6 Å². The lowest BCUT2D eigenvalue weighted by atomic mass is 9.88. The minimum Gasteiger partial charge on any atom is -0.363 e. The Morgan fingerprint density at radius 1 is 1.22 bits per heavy atom. The summed E-state index contributed by atoms with van der Waals surface area (Å²) in [6, 6.07) is 10.7. The molecule has 1 aliphatic carbocycles. The van der Waals surface area contributed by atoms with Gasteiger partial charge in [-0.25, -0.2) is 9.97 Å². The molecule has 0 saturated heterocycles. The van der Waals surface area contributed by atoms with Crippen molar-refractivity contribution in [2.45, 2.75) is 25.3 Å². The van der Waals surface area contributed by atoms with Gasteiger partial charge in [-0.15, -0.1) is 0 Å². The molecular weight excluding hydrogens is 246 g/mol. The van der Waals surface area contributed by atoms with Crippen LogP contribution in [0, 0.1) is 0 Å². The SMILES string of the molecule is Clc1cc(NC2CCCc3ccccc32)ncn1. The van der Waals surface area contributed by atoms with Gasteiger partial charge < -0.3 is 5.32 Å². The van der Waals surface area contributed by atoms with E-state index in [4.69, 9.17) is 11.6 Å². The number of nitrogens with zero attached hydrogens (tertiary/aromatic N) is 2. The largest absolute Gasteiger partial charge is 0.363 e. The van der Waals surface area contributed by atoms with Crippen LogP contribution in [0.4, 0.5) is 5.82 Å². The molecule has 1 aromatic heterocycles. The average Bonchev–Trinajstić information content (AvgIpc) is 2.39. The Balaban J connectivity index is 1.86. The predicted octanol–water partition coefficient (Wildman–Crippen LogP) is 3.62. The molecule has 18 heavy (non-hydrogen) atoms. The highest BCUT2D eigenvalue weighted by molar-refractivity contribution is 6.29. The van der Waals surface area contributed by atoms with Crippen molar-refractivity contribution in [1.82, 2.24) is 9.97 Å². The number of fused-ring (bicyclic) bond motifs is 1. The molecule has 1 N–H and O–H groups in total. The summed E-state index contributed by atoms with van der Waals surface area (Å²) >= 11 is 5.87. The molecule has 0 saturated carbocycles. The number of anilines is 1. The molecule has 92 valence electrons. The Hall–Kier alpha value is -1.61. The highest BCUT2D eigenvalue weighted by Gasteiger charge is 2.19. The summed E-state index contributed by atoms with van der Waals surface area (Å²) in [5.74, 6) is 0.789. The normalized spacial score (nSPS) is 18.2. The van der Waals surface area contributed by atoms with Gasteiger partial charge in [-0.1, -0.05) is 35.9 Å². The fourth-order valence-electron chi connectivity index (χ4n) is 2.49. The first-order valence-electron chi connectivity index (χ1n) is 6.15. The molecule has 0 spiro atoms. The fraction of sp³-hybridized carbons (Fsp3) is 0.286. The fourth-order valence-corrected chi connectivity index (χ4v) is 2.64. The monoisotopic (exact) mass is 259 g/mol. The first-order valence-corrected chi connectivity index (χ1v) is 6.52. The van der Waals surface area contributed by atoms with Crippen molar-refractivity contribution in [3.63, 3.8) is 0 Å². The summed E-state index contributed by atoms with van der Waals surface area (Å²) in [5, 5.41) is 3.91. The number of aromatic nitrogens is 2. The summed E-state index contributed by atoms with van der Waals surface area (Å²) in [5.41, 5.74) is 2.81. The summed E-state index contributed by atoms with van der Waals surface area (Å²) in [6.07, 6.45) is 4.98. The molecule has 1 aliphatic rings. The van der Waals surface area contributed by atoms with Crippen molar-refractivity contribution >= 4 is 17.4 Å². The number of halogens is 1. The van der Waals surface area contributed by atoms with Gasteiger partial charge >= 0.3 is 0 Å². The smallest absolute Gasteiger partial charge is 0.134 e. The zero-order valence-electron chi connectivity index (χ0n) is 9.94. The molecular formula is C14H14ClN3. The molecule has 0 bridgehead atoms. The van der Waals surface area contributed by atoms with E-state index in [1.807, 2.05) is 0 Å². The topological polar surface area (TPSA) is 37.8 Å². The van der Waals surface area contributed by atoms with E-state index in [0.717, 1.165) is 12.2 Å². The predicted molar refractivity (Wildman–Crippen MR) is 72.8 cm³/mol. The third kappa shape index (κ3) is 2.31. The van der Waals surface area contributed by atoms with Crippen LogP contribution in [0.2, 0.25) is 5.15 Å². The van der Waals surface area contributed by atoms with Crippen LogP contribution in [0.25, 0.3) is 0 Å². The first-order chi connectivity index (χ1) is 8.83. The molecule has 1 heterocycles. The quantitative estimate of drug-likeness (QED) is 0.837. The molecule has 0 aliphatic heterocycles. The third-order valence-electron chi connectivity index (χ3n) is 3.33. The summed E-state index contributed by atoms with van der Waals surface area (Å²) < 4.78 is 0. The Labute approximate surface area is 111 Å². The molecule has 4 heteroatoms. The minimum absolute atomic E-state index is 0.320. The highest BCUT2D eigenvalue weighted by atomic mass is 35.5. The summed E-state index contributed by atoms with van der Waals surface area (Å²) in [7, 11) is 0. The van der Waals surface area contributed by atoms with Crippen molar-refractivity contribution in [3.05, 3.63) is 52.9 Å². The van der Waals surface area contributed by atoms with Crippen LogP contribution in [0.3, 0.4) is 0 Å². The van der Waals surface area contributed by atoms with Crippen molar-refractivity contribution < 1.29 is 0 Å². The minimum atomic E-state index is 0.320. The van der Waals surface area contributed by atoms with Crippen molar-refractivity contribution in [3.8, 4) is 0 Å². The Morgan fingerprint density at radius 2 is 2.11 bits per heavy atom. The number of aryl methyl sites for hydroxylation is 1. The summed E-state index contributed by atoms with van der Waals surface area (Å²) in [6.45, 7) is 0. The second-order valence-corrected chi connectivity index (χ2v) is 4.90. The first kappa shape index (κ1) is 11.5. The molecule has 3 rings (SSSR count). The van der Waals surface area contributed by atoms with Gasteiger partial charge in [-0.3, -0.25) is 0 Å². The molecule has 1 aromatic carbocycles. The third-order valence-corrected chi connectivity index (χ3v) is 3.53. The maximum absolute atomic E-state index is 5.87. The molecule has 0 amide bonds. The van der Waals surface area contributed by atoms with Crippen LogP contribution >= 0.6 is 11.6 Å². The van der Waals surface area contributed by atoms with E-state index < -0.39 is 0 Å². The van der Waals surface area contributed by atoms with Crippen LogP contribution in [0.1, 0.15) is 30.0 Å². The average molecular weight is 260 g/mol. The van der Waals surface area contributed by atoms with Gasteiger partial charge in [0.15, 0.2) is 0 Å². The zero-order valence-corrected chi connectivity index (χ0v) is 10.7. The second-order valence-electron chi connectivity index (χ2n) is 4.51. The van der Waals surface area contributed by atoms with E-state index in [9.17, 15) is 0 Å². The number of benzene rings is 1. The standard InChI is InChI=1S/C14H14ClN3/c15-13-8-14(17-9-16-13)18-12-7-3-5-10-4-1-2-6-11(10)12/h1-2,4,6,8-9,12H,3,5,7H2,(H,16,17,18). The second kappa shape index (κ2) is 4.94. The molecule has 0 fully saturated rings. The van der Waals surface area contributed by atoms with Gasteiger partial charge in [0, 0.05) is 6.07 Å². The Bertz CT molecular complexity index is 556. The Morgan fingerprint density at radius 3 is 3.00 bits per heavy atom. The van der Waals surface area contributed by atoms with Crippen molar-refractivity contribution in [2.75, 3.05) is 5.32 Å². The lowest BCUT2D eigenvalue weighted by Crippen LogP contribution is -2.17. The molecule has 1 unspecified atom stereocenters. The van der Waals surface area contributed by atoms with E-state index in [0.29, 0.717) is 11.2 Å². The maximum Gasteiger partial charge on any atom is 0.134 e. The lowest BCUT2D eigenvalue weighted by molar-refractivity contribution is 0.598. The van der Waals surface area contributed by atoms with Crippen LogP contribution in [0.15, 0.2) is 36.7 Å². The van der Waals surface area contributed by atoms with Crippen LogP contribution in [-0.2, 0) is 6.42 Å². The number of hydrogen-bond acceptors (Lipinski definition) is 3. The van der Waals surface area contributed by atoms with E-state index >= 15 is 0 Å². The van der Waals surface area contributed by atoms with Gasteiger partial charge in [-0.2, -0.15) is 0 Å². The molecule has 0 radical (unpaired) electrons. The highest BCUT2D eigenvalue weighted by Crippen LogP contribution is 2.31. The van der Waals surface area contributed by atoms with Gasteiger partial charge in [0.2, 0.25) is 0 Å². The van der Waals surface area contributed by atoms with E-state index in [-0.39, 0.29) is 0 Å². The van der Waals surface area contributed by atoms with Gasteiger partial charge in [0.1, 0.15) is 17.3 Å². The molecule has 3 nitrogen and oxygen atoms in total. The van der Waals surface area contributed by atoms with Crippen LogP contribution in [0.5, 0.6) is 0 Å². The Kier molecular flexibility index (Phi) is 3.15. The van der Waals surface area contributed by atoms with Crippen molar-refractivity contribution in [2.24, 2.45) is 0 Å². The van der Waals surface area contributed by atoms with Gasteiger partial charge in [0.05, 0.1) is 6.04 Å². The number of rotatable bonds is 2. The van der Waals surface area contributed by atoms with E-state index in [1.165, 1.54) is 30.3 Å². The zero-order chi connectivity index (χ0) is 12.4. The summed E-state index contributed by atoms with van der Waals surface area (Å²) in [4.78, 5) is 8.09. The molecule has 1 atom stereocenters. The number of nitrogens with one attached hydrogen (secondary N) is 1. The van der Waals surface area contributed by atoms with Crippen LogP contribution < -0.4 is 5.32 Å². The number of hydrogen-bond donors (Lipinski definition) is 1. The van der Waals surface area contributed by atoms with Gasteiger partial charge in [-0.05, 0) is 30.4 Å². The molecule has 2 aromatic rings. The van der Waals surface area contributed by atoms with E-state index in [1.54, 1.807) is 6.07 Å². The lowest BCUT2D eigenvalue weighted by Gasteiger charge is -2.26. The van der Waals surface area contributed by atoms with Crippen LogP contribution in [-0.4, -0.2) is 9.97 Å². The van der Waals surface area contributed by atoms with Crippen molar-refractivity contribution in [1.29, 1.82) is 0 Å².